The van der Waals surface area contributed by atoms with E-state index in [-0.39, 0.29) is 23.6 Å². The molecule has 2 aromatic carbocycles. The number of amides is 2. The van der Waals surface area contributed by atoms with E-state index in [0.29, 0.717) is 49.4 Å². The number of aromatic nitrogens is 3. The van der Waals surface area contributed by atoms with Crippen LogP contribution in [0.5, 0.6) is 5.75 Å². The predicted molar refractivity (Wildman–Crippen MR) is 133 cm³/mol. The third-order valence-electron chi connectivity index (χ3n) is 6.43. The maximum Gasteiger partial charge on any atom is 0.273 e. The summed E-state index contributed by atoms with van der Waals surface area (Å²) < 4.78 is 7.60. The lowest BCUT2D eigenvalue weighted by Crippen LogP contribution is -2.27. The summed E-state index contributed by atoms with van der Waals surface area (Å²) in [6.07, 6.45) is 4.46. The summed E-state index contributed by atoms with van der Waals surface area (Å²) in [5.74, 6) is 0.568. The van der Waals surface area contributed by atoms with E-state index in [2.05, 4.69) is 20.9 Å². The zero-order valence-corrected chi connectivity index (χ0v) is 20.3. The Hall–Kier alpha value is -4.01. The van der Waals surface area contributed by atoms with Gasteiger partial charge in [0.15, 0.2) is 11.5 Å². The van der Waals surface area contributed by atoms with Crippen LogP contribution in [0.2, 0.25) is 0 Å². The van der Waals surface area contributed by atoms with E-state index in [1.54, 1.807) is 28.9 Å². The Morgan fingerprint density at radius 1 is 1.08 bits per heavy atom. The number of fused-ring (bicyclic) bond motifs is 1. The Labute approximate surface area is 209 Å². The first-order valence-electron chi connectivity index (χ1n) is 12.5. The number of rotatable bonds is 10. The molecular formula is C27H29N5O4. The summed E-state index contributed by atoms with van der Waals surface area (Å²) in [6.45, 7) is 2.87. The van der Waals surface area contributed by atoms with Crippen molar-refractivity contribution in [1.82, 2.24) is 25.6 Å². The maximum absolute atomic E-state index is 12.8. The van der Waals surface area contributed by atoms with Gasteiger partial charge in [-0.25, -0.2) is 4.68 Å². The van der Waals surface area contributed by atoms with Crippen molar-refractivity contribution in [2.45, 2.75) is 51.5 Å². The molecule has 2 aliphatic rings. The molecule has 1 saturated carbocycles. The number of ether oxygens (including phenoxy) is 1. The van der Waals surface area contributed by atoms with Gasteiger partial charge in [0.05, 0.1) is 18.0 Å². The Bertz CT molecular complexity index is 1290. The van der Waals surface area contributed by atoms with E-state index in [9.17, 15) is 14.4 Å². The molecule has 9 heteroatoms. The first-order chi connectivity index (χ1) is 17.5. The maximum atomic E-state index is 12.8. The van der Waals surface area contributed by atoms with Gasteiger partial charge in [0.2, 0.25) is 0 Å². The lowest BCUT2D eigenvalue weighted by Gasteiger charge is -2.11. The van der Waals surface area contributed by atoms with Crippen LogP contribution in [-0.4, -0.2) is 51.8 Å². The minimum atomic E-state index is -0.220. The Morgan fingerprint density at radius 3 is 2.64 bits per heavy atom. The summed E-state index contributed by atoms with van der Waals surface area (Å²) in [7, 11) is 0. The van der Waals surface area contributed by atoms with Crippen molar-refractivity contribution in [3.63, 3.8) is 0 Å². The van der Waals surface area contributed by atoms with E-state index in [4.69, 9.17) is 4.74 Å². The van der Waals surface area contributed by atoms with Gasteiger partial charge in [-0.1, -0.05) is 5.21 Å². The van der Waals surface area contributed by atoms with E-state index < -0.39 is 0 Å². The first-order valence-corrected chi connectivity index (χ1v) is 12.5. The summed E-state index contributed by atoms with van der Waals surface area (Å²) in [6, 6.07) is 12.9. The predicted octanol–water partition coefficient (Wildman–Crippen LogP) is 3.05. The molecule has 1 heterocycles. The molecular weight excluding hydrogens is 458 g/mol. The summed E-state index contributed by atoms with van der Waals surface area (Å²) in [4.78, 5) is 36.8. The van der Waals surface area contributed by atoms with Crippen molar-refractivity contribution in [2.24, 2.45) is 0 Å². The number of aryl methyl sites for hydroxylation is 1. The van der Waals surface area contributed by atoms with Crippen molar-refractivity contribution in [3.8, 4) is 11.4 Å². The van der Waals surface area contributed by atoms with Gasteiger partial charge in [-0.3, -0.25) is 14.4 Å². The second kappa shape index (κ2) is 10.3. The van der Waals surface area contributed by atoms with Gasteiger partial charge >= 0.3 is 0 Å². The molecule has 36 heavy (non-hydrogen) atoms. The molecule has 0 saturated heterocycles. The van der Waals surface area contributed by atoms with Crippen molar-refractivity contribution in [3.05, 3.63) is 70.5 Å². The Balaban J connectivity index is 1.30. The molecule has 0 aliphatic heterocycles. The fourth-order valence-electron chi connectivity index (χ4n) is 4.36. The molecule has 186 valence electrons. The molecule has 0 radical (unpaired) electrons. The number of nitrogens with one attached hydrogen (secondary N) is 2. The zero-order chi connectivity index (χ0) is 25.1. The molecule has 9 nitrogen and oxygen atoms in total. The number of hydrogen-bond donors (Lipinski definition) is 2. The van der Waals surface area contributed by atoms with Crippen molar-refractivity contribution in [2.75, 3.05) is 13.2 Å². The van der Waals surface area contributed by atoms with Gasteiger partial charge < -0.3 is 15.4 Å². The van der Waals surface area contributed by atoms with Crippen molar-refractivity contribution in [1.29, 1.82) is 0 Å². The highest BCUT2D eigenvalue weighted by Gasteiger charge is 2.28. The highest BCUT2D eigenvalue weighted by atomic mass is 16.5. The van der Waals surface area contributed by atoms with Gasteiger partial charge in [-0.05, 0) is 87.1 Å². The highest BCUT2D eigenvalue weighted by molar-refractivity contribution is 6.00. The molecule has 0 atom stereocenters. The average molecular weight is 488 g/mol. The van der Waals surface area contributed by atoms with Crippen LogP contribution >= 0.6 is 0 Å². The fraction of sp³-hybridized carbons (Fsp3) is 0.370. The fourth-order valence-corrected chi connectivity index (χ4v) is 4.36. The van der Waals surface area contributed by atoms with Crippen molar-refractivity contribution >= 4 is 17.6 Å². The normalized spacial score (nSPS) is 14.4. The van der Waals surface area contributed by atoms with E-state index >= 15 is 0 Å². The van der Waals surface area contributed by atoms with Gasteiger partial charge in [0.25, 0.3) is 11.8 Å². The van der Waals surface area contributed by atoms with Gasteiger partial charge in [0.1, 0.15) is 5.75 Å². The van der Waals surface area contributed by atoms with E-state index in [0.717, 1.165) is 41.8 Å². The summed E-state index contributed by atoms with van der Waals surface area (Å²) in [5.41, 5.74) is 4.11. The number of Topliss-reactive ketones (excluding diaryl/α,β-unsaturated/α-hetero) is 1. The number of ketones is 1. The average Bonchev–Trinajstić information content (AvgIpc) is 3.48. The van der Waals surface area contributed by atoms with Crippen LogP contribution < -0.4 is 15.4 Å². The third-order valence-corrected chi connectivity index (χ3v) is 6.43. The van der Waals surface area contributed by atoms with Crippen LogP contribution in [0.1, 0.15) is 75.1 Å². The Morgan fingerprint density at radius 2 is 1.89 bits per heavy atom. The first kappa shape index (κ1) is 23.7. The molecule has 2 amide bonds. The molecule has 5 rings (SSSR count). The zero-order valence-electron chi connectivity index (χ0n) is 20.3. The summed E-state index contributed by atoms with van der Waals surface area (Å²) >= 11 is 0. The van der Waals surface area contributed by atoms with Crippen LogP contribution in [0, 0.1) is 0 Å². The largest absolute Gasteiger partial charge is 0.494 e. The number of hydrogen-bond acceptors (Lipinski definition) is 6. The van der Waals surface area contributed by atoms with Crippen LogP contribution in [0.3, 0.4) is 0 Å². The Kier molecular flexibility index (Phi) is 6.79. The van der Waals surface area contributed by atoms with E-state index in [1.165, 1.54) is 0 Å². The van der Waals surface area contributed by atoms with Gasteiger partial charge in [0, 0.05) is 30.1 Å². The van der Waals surface area contributed by atoms with Gasteiger partial charge in [-0.15, -0.1) is 5.10 Å². The van der Waals surface area contributed by atoms with Crippen LogP contribution in [0.25, 0.3) is 5.69 Å². The van der Waals surface area contributed by atoms with Crippen LogP contribution in [0.15, 0.2) is 42.5 Å². The van der Waals surface area contributed by atoms with Crippen molar-refractivity contribution < 1.29 is 19.1 Å². The molecule has 1 fully saturated rings. The number of carbonyl (C=O) groups excluding carboxylic acids is 3. The molecule has 2 N–H and O–H groups in total. The second-order valence-electron chi connectivity index (χ2n) is 9.14. The van der Waals surface area contributed by atoms with Gasteiger partial charge in [-0.2, -0.15) is 0 Å². The minimum absolute atomic E-state index is 0.138. The molecule has 2 aliphatic carbocycles. The lowest BCUT2D eigenvalue weighted by molar-refractivity contribution is 0.0940. The van der Waals surface area contributed by atoms with E-state index in [1.807, 2.05) is 25.1 Å². The smallest absolute Gasteiger partial charge is 0.273 e. The third kappa shape index (κ3) is 5.15. The topological polar surface area (TPSA) is 115 Å². The van der Waals surface area contributed by atoms with Crippen LogP contribution in [-0.2, 0) is 12.8 Å². The highest BCUT2D eigenvalue weighted by Crippen LogP contribution is 2.26. The number of benzene rings is 2. The second-order valence-corrected chi connectivity index (χ2v) is 9.14. The SMILES string of the molecule is CCNC(=O)c1ccc(-n2nnc(C(=O)NC3CC3)c2CCCOc2ccc3c(c2)CCC3=O)cc1. The van der Waals surface area contributed by atoms with Crippen LogP contribution in [0.4, 0.5) is 0 Å². The number of carbonyl (C=O) groups is 3. The molecule has 1 aromatic heterocycles. The molecule has 0 spiro atoms. The standard InChI is InChI=1S/C27H29N5O4/c1-2-28-26(34)17-5-10-20(11-6-17)32-23(25(30-31-32)27(35)29-19-8-9-19)4-3-15-36-21-12-13-22-18(16-21)7-14-24(22)33/h5-6,10-13,16,19H,2-4,7-9,14-15H2,1H3,(H,28,34)(H,29,35). The number of nitrogens with zero attached hydrogens (tertiary/aromatic N) is 3. The molecule has 0 unspecified atom stereocenters. The quantitative estimate of drug-likeness (QED) is 0.425. The lowest BCUT2D eigenvalue weighted by atomic mass is 10.1. The molecule has 0 bridgehead atoms. The monoisotopic (exact) mass is 487 g/mol. The molecule has 3 aromatic rings. The summed E-state index contributed by atoms with van der Waals surface area (Å²) in [5, 5.41) is 14.2. The minimum Gasteiger partial charge on any atom is -0.494 e.